The molecule has 2 rings (SSSR count). The topological polar surface area (TPSA) is 56.8 Å². The van der Waals surface area contributed by atoms with E-state index in [0.29, 0.717) is 25.5 Å². The fraction of sp³-hybridized carbons (Fsp3) is 0.462. The lowest BCUT2D eigenvalue weighted by Gasteiger charge is -2.26. The highest BCUT2D eigenvalue weighted by molar-refractivity contribution is 5.77. The molecule has 0 saturated heterocycles. The van der Waals surface area contributed by atoms with Crippen LogP contribution in [0.1, 0.15) is 12.5 Å². The van der Waals surface area contributed by atoms with Gasteiger partial charge in [-0.2, -0.15) is 0 Å². The van der Waals surface area contributed by atoms with Crippen molar-refractivity contribution in [2.75, 3.05) is 25.6 Å². The first-order valence-corrected chi connectivity index (χ1v) is 5.93. The molecule has 5 heteroatoms. The second-order valence-corrected chi connectivity index (χ2v) is 4.00. The molecule has 1 aliphatic heterocycles. The molecule has 1 unspecified atom stereocenters. The summed E-state index contributed by atoms with van der Waals surface area (Å²) in [5, 5.41) is 3.15. The highest BCUT2D eigenvalue weighted by Gasteiger charge is 2.27. The van der Waals surface area contributed by atoms with Crippen LogP contribution in [0.5, 0.6) is 5.75 Å². The third-order valence-corrected chi connectivity index (χ3v) is 2.65. The van der Waals surface area contributed by atoms with E-state index in [4.69, 9.17) is 14.2 Å². The van der Waals surface area contributed by atoms with Gasteiger partial charge in [0.05, 0.1) is 25.4 Å². The summed E-state index contributed by atoms with van der Waals surface area (Å²) in [7, 11) is 1.64. The Kier molecular flexibility index (Phi) is 4.04. The molecular weight excluding hydrogens is 234 g/mol. The Bertz CT molecular complexity index is 433. The molecule has 0 fully saturated rings. The third kappa shape index (κ3) is 2.73. The van der Waals surface area contributed by atoms with Crippen molar-refractivity contribution in [1.29, 1.82) is 0 Å². The van der Waals surface area contributed by atoms with Crippen LogP contribution in [0.4, 0.5) is 5.69 Å². The zero-order valence-electron chi connectivity index (χ0n) is 10.6. The van der Waals surface area contributed by atoms with Crippen molar-refractivity contribution in [2.24, 2.45) is 0 Å². The summed E-state index contributed by atoms with van der Waals surface area (Å²) in [5.74, 6) is 0.321. The van der Waals surface area contributed by atoms with Gasteiger partial charge in [0.15, 0.2) is 0 Å². The van der Waals surface area contributed by atoms with Gasteiger partial charge in [0.2, 0.25) is 6.10 Å². The number of carbonyl (C=O) groups excluding carboxylic acids is 1. The van der Waals surface area contributed by atoms with Gasteiger partial charge in [-0.1, -0.05) is 6.07 Å². The first kappa shape index (κ1) is 12.7. The van der Waals surface area contributed by atoms with E-state index in [-0.39, 0.29) is 5.97 Å². The van der Waals surface area contributed by atoms with E-state index in [0.717, 1.165) is 11.3 Å². The largest absolute Gasteiger partial charge is 0.475 e. The monoisotopic (exact) mass is 251 g/mol. The molecule has 0 bridgehead atoms. The van der Waals surface area contributed by atoms with Gasteiger partial charge in [-0.3, -0.25) is 0 Å². The summed E-state index contributed by atoms with van der Waals surface area (Å²) < 4.78 is 15.7. The number of ether oxygens (including phenoxy) is 3. The van der Waals surface area contributed by atoms with Gasteiger partial charge < -0.3 is 19.5 Å². The fourth-order valence-corrected chi connectivity index (χ4v) is 1.83. The van der Waals surface area contributed by atoms with E-state index < -0.39 is 6.10 Å². The maximum atomic E-state index is 11.6. The molecule has 1 atom stereocenters. The number of fused-ring (bicyclic) bond motifs is 1. The van der Waals surface area contributed by atoms with Crippen LogP contribution in [0, 0.1) is 0 Å². The average molecular weight is 251 g/mol. The van der Waals surface area contributed by atoms with E-state index in [9.17, 15) is 4.79 Å². The molecule has 5 nitrogen and oxygen atoms in total. The molecule has 0 saturated carbocycles. The summed E-state index contributed by atoms with van der Waals surface area (Å²) in [6, 6.07) is 5.76. The van der Waals surface area contributed by atoms with Crippen LogP contribution in [0.3, 0.4) is 0 Å². The maximum Gasteiger partial charge on any atom is 0.349 e. The third-order valence-electron chi connectivity index (χ3n) is 2.65. The summed E-state index contributed by atoms with van der Waals surface area (Å²) in [6.07, 6.45) is -0.588. The zero-order chi connectivity index (χ0) is 13.0. The molecule has 1 heterocycles. The van der Waals surface area contributed by atoms with Crippen molar-refractivity contribution in [3.8, 4) is 5.75 Å². The maximum absolute atomic E-state index is 11.6. The lowest BCUT2D eigenvalue weighted by molar-refractivity contribution is -0.150. The van der Waals surface area contributed by atoms with Crippen molar-refractivity contribution in [1.82, 2.24) is 0 Å². The number of nitrogens with one attached hydrogen (secondary N) is 1. The van der Waals surface area contributed by atoms with E-state index in [1.54, 1.807) is 14.0 Å². The molecule has 0 amide bonds. The van der Waals surface area contributed by atoms with Gasteiger partial charge in [0.1, 0.15) is 5.75 Å². The number of rotatable bonds is 4. The highest BCUT2D eigenvalue weighted by Crippen LogP contribution is 2.30. The molecule has 1 aromatic rings. The fourth-order valence-electron chi connectivity index (χ4n) is 1.83. The van der Waals surface area contributed by atoms with E-state index in [2.05, 4.69) is 5.32 Å². The van der Waals surface area contributed by atoms with Crippen LogP contribution >= 0.6 is 0 Å². The van der Waals surface area contributed by atoms with Gasteiger partial charge in [0, 0.05) is 7.11 Å². The molecule has 1 aromatic carbocycles. The van der Waals surface area contributed by atoms with Crippen molar-refractivity contribution >= 4 is 11.7 Å². The molecule has 98 valence electrons. The van der Waals surface area contributed by atoms with Crippen LogP contribution in [0.15, 0.2) is 18.2 Å². The van der Waals surface area contributed by atoms with Crippen molar-refractivity contribution in [3.05, 3.63) is 23.8 Å². The standard InChI is InChI=1S/C13H17NO4/c1-3-17-13(15)12-7-14-10-5-4-9(8-16-2)6-11(10)18-12/h4-6,12,14H,3,7-8H2,1-2H3. The first-order chi connectivity index (χ1) is 8.74. The first-order valence-electron chi connectivity index (χ1n) is 5.93. The zero-order valence-corrected chi connectivity index (χ0v) is 10.6. The lowest BCUT2D eigenvalue weighted by atomic mass is 10.1. The van der Waals surface area contributed by atoms with Gasteiger partial charge in [-0.05, 0) is 24.6 Å². The molecule has 0 radical (unpaired) electrons. The van der Waals surface area contributed by atoms with Gasteiger partial charge in [0.25, 0.3) is 0 Å². The average Bonchev–Trinajstić information content (AvgIpc) is 2.38. The normalized spacial score (nSPS) is 17.3. The summed E-state index contributed by atoms with van der Waals surface area (Å²) in [5.41, 5.74) is 1.89. The number of hydrogen-bond acceptors (Lipinski definition) is 5. The van der Waals surface area contributed by atoms with Crippen LogP contribution < -0.4 is 10.1 Å². The minimum atomic E-state index is -0.588. The second kappa shape index (κ2) is 5.73. The molecule has 1 N–H and O–H groups in total. The van der Waals surface area contributed by atoms with Crippen molar-refractivity contribution < 1.29 is 19.0 Å². The Morgan fingerprint density at radius 1 is 1.56 bits per heavy atom. The summed E-state index contributed by atoms with van der Waals surface area (Å²) >= 11 is 0. The molecular formula is C13H17NO4. The Balaban J connectivity index is 2.11. The predicted octanol–water partition coefficient (Wildman–Crippen LogP) is 1.57. The number of carbonyl (C=O) groups is 1. The Labute approximate surface area is 106 Å². The van der Waals surface area contributed by atoms with Crippen LogP contribution in [0.2, 0.25) is 0 Å². The minimum Gasteiger partial charge on any atom is -0.475 e. The predicted molar refractivity (Wildman–Crippen MR) is 66.7 cm³/mol. The lowest BCUT2D eigenvalue weighted by Crippen LogP contribution is -2.39. The Morgan fingerprint density at radius 3 is 3.11 bits per heavy atom. The number of benzene rings is 1. The molecule has 0 spiro atoms. The molecule has 1 aliphatic rings. The van der Waals surface area contributed by atoms with Crippen molar-refractivity contribution in [2.45, 2.75) is 19.6 Å². The quantitative estimate of drug-likeness (QED) is 0.823. The molecule has 0 aliphatic carbocycles. The number of methoxy groups -OCH3 is 1. The number of hydrogen-bond donors (Lipinski definition) is 1. The summed E-state index contributed by atoms with van der Waals surface area (Å²) in [6.45, 7) is 3.07. The van der Waals surface area contributed by atoms with Gasteiger partial charge in [-0.15, -0.1) is 0 Å². The number of anilines is 1. The van der Waals surface area contributed by atoms with Crippen LogP contribution in [0.25, 0.3) is 0 Å². The SMILES string of the molecule is CCOC(=O)C1CNc2ccc(COC)cc2O1. The molecule has 18 heavy (non-hydrogen) atoms. The number of esters is 1. The van der Waals surface area contributed by atoms with Gasteiger partial charge >= 0.3 is 5.97 Å². The highest BCUT2D eigenvalue weighted by atomic mass is 16.6. The minimum absolute atomic E-state index is 0.340. The van der Waals surface area contributed by atoms with E-state index >= 15 is 0 Å². The van der Waals surface area contributed by atoms with E-state index in [1.807, 2.05) is 18.2 Å². The molecule has 0 aromatic heterocycles. The van der Waals surface area contributed by atoms with Crippen LogP contribution in [-0.2, 0) is 20.9 Å². The Morgan fingerprint density at radius 2 is 2.39 bits per heavy atom. The second-order valence-electron chi connectivity index (χ2n) is 4.00. The smallest absolute Gasteiger partial charge is 0.349 e. The van der Waals surface area contributed by atoms with Crippen LogP contribution in [-0.4, -0.2) is 32.3 Å². The Hall–Kier alpha value is -1.75. The van der Waals surface area contributed by atoms with Crippen molar-refractivity contribution in [3.63, 3.8) is 0 Å². The summed E-state index contributed by atoms with van der Waals surface area (Å²) in [4.78, 5) is 11.6. The van der Waals surface area contributed by atoms with Gasteiger partial charge in [-0.25, -0.2) is 4.79 Å². The van der Waals surface area contributed by atoms with E-state index in [1.165, 1.54) is 0 Å².